The molecule has 0 aromatic heterocycles. The summed E-state index contributed by atoms with van der Waals surface area (Å²) < 4.78 is 35.0. The van der Waals surface area contributed by atoms with Gasteiger partial charge in [0, 0.05) is 13.0 Å². The van der Waals surface area contributed by atoms with Crippen molar-refractivity contribution in [3.63, 3.8) is 0 Å². The number of quaternary nitrogens is 1. The molecule has 342 valence electrons. The molecular weight excluding hydrogens is 758 g/mol. The van der Waals surface area contributed by atoms with Crippen molar-refractivity contribution < 1.29 is 37.3 Å². The van der Waals surface area contributed by atoms with Gasteiger partial charge < -0.3 is 18.9 Å². The monoisotopic (exact) mass is 849 g/mol. The molecule has 0 aliphatic rings. The van der Waals surface area contributed by atoms with E-state index < -0.39 is 13.9 Å². The van der Waals surface area contributed by atoms with Crippen LogP contribution in [-0.4, -0.2) is 75.6 Å². The summed E-state index contributed by atoms with van der Waals surface area (Å²) in [4.78, 5) is 22.9. The van der Waals surface area contributed by atoms with E-state index in [1.54, 1.807) is 0 Å². The molecule has 9 heteroatoms. The minimum absolute atomic E-state index is 0.0790. The molecule has 0 rings (SSSR count). The van der Waals surface area contributed by atoms with E-state index in [0.717, 1.165) is 83.5 Å². The van der Waals surface area contributed by atoms with Crippen molar-refractivity contribution in [3.05, 3.63) is 72.9 Å². The van der Waals surface area contributed by atoms with E-state index in [0.29, 0.717) is 24.1 Å². The van der Waals surface area contributed by atoms with E-state index in [-0.39, 0.29) is 25.8 Å². The molecule has 2 atom stereocenters. The van der Waals surface area contributed by atoms with Gasteiger partial charge in [-0.2, -0.15) is 0 Å². The fraction of sp³-hybridized carbons (Fsp3) is 0.740. The van der Waals surface area contributed by atoms with Crippen LogP contribution in [0.25, 0.3) is 0 Å². The Morgan fingerprint density at radius 3 is 1.49 bits per heavy atom. The zero-order valence-electron chi connectivity index (χ0n) is 38.7. The number of unbranched alkanes of at least 4 members (excludes halogenated alkanes) is 17. The van der Waals surface area contributed by atoms with Gasteiger partial charge >= 0.3 is 13.8 Å². The van der Waals surface area contributed by atoms with Gasteiger partial charge in [-0.3, -0.25) is 13.8 Å². The number of carbonyl (C=O) groups excluding carboxylic acids is 1. The lowest BCUT2D eigenvalue weighted by Crippen LogP contribution is -2.37. The normalized spacial score (nSPS) is 14.3. The summed E-state index contributed by atoms with van der Waals surface area (Å²) in [5.41, 5.74) is 0. The van der Waals surface area contributed by atoms with Crippen molar-refractivity contribution in [2.45, 2.75) is 187 Å². The number of phosphoric acid groups is 1. The maximum Gasteiger partial charge on any atom is 0.472 e. The molecule has 8 nitrogen and oxygen atoms in total. The van der Waals surface area contributed by atoms with E-state index in [1.807, 2.05) is 21.1 Å². The number of hydrogen-bond acceptors (Lipinski definition) is 6. The van der Waals surface area contributed by atoms with E-state index in [1.165, 1.54) is 77.0 Å². The molecule has 0 fully saturated rings. The van der Waals surface area contributed by atoms with Gasteiger partial charge in [-0.1, -0.05) is 164 Å². The minimum atomic E-state index is -4.29. The predicted octanol–water partition coefficient (Wildman–Crippen LogP) is 14.3. The fourth-order valence-electron chi connectivity index (χ4n) is 6.10. The van der Waals surface area contributed by atoms with Crippen LogP contribution < -0.4 is 0 Å². The van der Waals surface area contributed by atoms with E-state index in [2.05, 4.69) is 86.8 Å². The Hall–Kier alpha value is -2.06. The SMILES string of the molecule is CC/C=C\C/C=C\C/C=C\C/C=C\C/C=C\CCCCCCOCC(COP(=O)(O)OCC[N+](C)(C)C)OC(=O)CCCCCCCCC/C=C\CCCCCCCC. The molecule has 0 aliphatic heterocycles. The summed E-state index contributed by atoms with van der Waals surface area (Å²) >= 11 is 0. The number of esters is 1. The van der Waals surface area contributed by atoms with Crippen LogP contribution in [0.5, 0.6) is 0 Å². The highest BCUT2D eigenvalue weighted by Crippen LogP contribution is 2.43. The van der Waals surface area contributed by atoms with Gasteiger partial charge in [0.2, 0.25) is 0 Å². The van der Waals surface area contributed by atoms with E-state index in [4.69, 9.17) is 18.5 Å². The summed E-state index contributed by atoms with van der Waals surface area (Å²) in [6.07, 6.45) is 55.1. The highest BCUT2D eigenvalue weighted by atomic mass is 31.2. The van der Waals surface area contributed by atoms with Crippen molar-refractivity contribution >= 4 is 13.8 Å². The summed E-state index contributed by atoms with van der Waals surface area (Å²) in [7, 11) is 1.64. The zero-order chi connectivity index (χ0) is 43.4. The van der Waals surface area contributed by atoms with Crippen LogP contribution in [0.15, 0.2) is 72.9 Å². The quantitative estimate of drug-likeness (QED) is 0.0215. The first-order valence-electron chi connectivity index (χ1n) is 23.7. The van der Waals surface area contributed by atoms with Gasteiger partial charge in [0.1, 0.15) is 19.3 Å². The Kier molecular flexibility index (Phi) is 41.1. The Morgan fingerprint density at radius 2 is 0.983 bits per heavy atom. The summed E-state index contributed by atoms with van der Waals surface area (Å²) in [6.45, 7) is 5.43. The smallest absolute Gasteiger partial charge is 0.457 e. The lowest BCUT2D eigenvalue weighted by atomic mass is 10.1. The molecule has 0 aromatic rings. The maximum absolute atomic E-state index is 12.7. The largest absolute Gasteiger partial charge is 0.472 e. The van der Waals surface area contributed by atoms with Crippen molar-refractivity contribution in [1.29, 1.82) is 0 Å². The third-order valence-corrected chi connectivity index (χ3v) is 10.7. The van der Waals surface area contributed by atoms with Crippen molar-refractivity contribution in [2.24, 2.45) is 0 Å². The average molecular weight is 849 g/mol. The van der Waals surface area contributed by atoms with Crippen LogP contribution >= 0.6 is 7.82 Å². The molecule has 0 saturated carbocycles. The van der Waals surface area contributed by atoms with Crippen LogP contribution in [-0.2, 0) is 27.9 Å². The molecule has 0 aromatic carbocycles. The van der Waals surface area contributed by atoms with Gasteiger partial charge in [-0.05, 0) is 83.5 Å². The molecule has 0 saturated heterocycles. The van der Waals surface area contributed by atoms with Gasteiger partial charge in [0.15, 0.2) is 0 Å². The van der Waals surface area contributed by atoms with Crippen LogP contribution in [0.2, 0.25) is 0 Å². The number of phosphoric ester groups is 1. The van der Waals surface area contributed by atoms with Crippen molar-refractivity contribution in [2.75, 3.05) is 54.1 Å². The van der Waals surface area contributed by atoms with Gasteiger partial charge in [-0.15, -0.1) is 0 Å². The molecule has 0 amide bonds. The first-order valence-corrected chi connectivity index (χ1v) is 25.2. The number of allylic oxidation sites excluding steroid dienone is 12. The van der Waals surface area contributed by atoms with Crippen molar-refractivity contribution in [1.82, 2.24) is 0 Å². The fourth-order valence-corrected chi connectivity index (χ4v) is 6.84. The average Bonchev–Trinajstić information content (AvgIpc) is 3.19. The molecular formula is C50H91NO7P+. The third-order valence-electron chi connectivity index (χ3n) is 9.75. The van der Waals surface area contributed by atoms with E-state index >= 15 is 0 Å². The molecule has 0 radical (unpaired) electrons. The Morgan fingerprint density at radius 1 is 0.542 bits per heavy atom. The number of hydrogen-bond donors (Lipinski definition) is 1. The number of nitrogens with zero attached hydrogens (tertiary/aromatic N) is 1. The standard InChI is InChI=1S/C50H90NO7P/c1-6-8-10-12-14-16-18-20-22-24-25-26-28-30-32-34-36-38-40-42-45-55-47-49(48-57-59(53,54)56-46-44-51(3,4)5)58-50(52)43-41-39-37-35-33-31-29-27-23-21-19-17-15-13-11-9-7-2/h8,10,14,16,20-23,25-26,30,32,49H,6-7,9,11-13,15,17-19,24,27-29,31,33-48H2,1-5H3/p+1/b10-8-,16-14-,22-20-,23-21-,26-25-,32-30-. The molecule has 0 spiro atoms. The Balaban J connectivity index is 4.27. The summed E-state index contributed by atoms with van der Waals surface area (Å²) in [6, 6.07) is 0. The molecule has 0 aliphatic carbocycles. The molecule has 2 unspecified atom stereocenters. The topological polar surface area (TPSA) is 91.3 Å². The lowest BCUT2D eigenvalue weighted by molar-refractivity contribution is -0.870. The molecule has 0 bridgehead atoms. The van der Waals surface area contributed by atoms with Crippen molar-refractivity contribution in [3.8, 4) is 0 Å². The second-order valence-electron chi connectivity index (χ2n) is 16.8. The summed E-state index contributed by atoms with van der Waals surface area (Å²) in [5, 5.41) is 0. The maximum atomic E-state index is 12.7. The zero-order valence-corrected chi connectivity index (χ0v) is 39.6. The Bertz CT molecular complexity index is 1170. The summed E-state index contributed by atoms with van der Waals surface area (Å²) in [5.74, 6) is -0.330. The Labute approximate surface area is 363 Å². The van der Waals surface area contributed by atoms with Crippen LogP contribution in [0.3, 0.4) is 0 Å². The number of ether oxygens (including phenoxy) is 2. The first-order chi connectivity index (χ1) is 28.6. The second kappa shape index (κ2) is 42.6. The van der Waals surface area contributed by atoms with Crippen LogP contribution in [0.4, 0.5) is 0 Å². The third kappa shape index (κ3) is 46.9. The lowest BCUT2D eigenvalue weighted by Gasteiger charge is -2.24. The van der Waals surface area contributed by atoms with E-state index in [9.17, 15) is 14.3 Å². The number of carbonyl (C=O) groups is 1. The van der Waals surface area contributed by atoms with Gasteiger partial charge in [0.05, 0.1) is 34.4 Å². The predicted molar refractivity (Wildman–Crippen MR) is 252 cm³/mol. The second-order valence-corrected chi connectivity index (χ2v) is 18.2. The van der Waals surface area contributed by atoms with Crippen LogP contribution in [0, 0.1) is 0 Å². The van der Waals surface area contributed by atoms with Gasteiger partial charge in [0.25, 0.3) is 0 Å². The molecule has 59 heavy (non-hydrogen) atoms. The van der Waals surface area contributed by atoms with Crippen LogP contribution in [0.1, 0.15) is 181 Å². The number of likely N-dealkylation sites (N-methyl/N-ethyl adjacent to an activating group) is 1. The first kappa shape index (κ1) is 56.9. The molecule has 0 heterocycles. The highest BCUT2D eigenvalue weighted by molar-refractivity contribution is 7.47. The molecule has 1 N–H and O–H groups in total. The highest BCUT2D eigenvalue weighted by Gasteiger charge is 2.26. The number of rotatable bonds is 43. The minimum Gasteiger partial charge on any atom is -0.457 e. The van der Waals surface area contributed by atoms with Gasteiger partial charge in [-0.25, -0.2) is 4.57 Å².